The van der Waals surface area contributed by atoms with E-state index in [1.807, 2.05) is 0 Å². The van der Waals surface area contributed by atoms with Gasteiger partial charge in [-0.25, -0.2) is 0 Å². The summed E-state index contributed by atoms with van der Waals surface area (Å²) in [6.45, 7) is 6.26. The Kier molecular flexibility index (Phi) is 4.24. The minimum atomic E-state index is 0.614. The molecule has 1 aliphatic rings. The Morgan fingerprint density at radius 2 is 2.15 bits per heavy atom. The van der Waals surface area contributed by atoms with Crippen LogP contribution in [0.15, 0.2) is 0 Å². The topological polar surface area (TPSA) is 27.0 Å². The van der Waals surface area contributed by atoms with E-state index < -0.39 is 0 Å². The summed E-state index contributed by atoms with van der Waals surface area (Å²) in [5.74, 6) is 0.687. The number of nitriles is 1. The maximum absolute atomic E-state index is 8.72. The standard InChI is InChI=1S/C11H20N2/c1-10(2)11-6-4-3-5-8-13(11)9-7-12/h10-11H,3-6,8-9H2,1-2H3. The van der Waals surface area contributed by atoms with Crippen LogP contribution in [0.1, 0.15) is 39.5 Å². The molecule has 0 aromatic heterocycles. The van der Waals surface area contributed by atoms with Gasteiger partial charge in [0.1, 0.15) is 0 Å². The summed E-state index contributed by atoms with van der Waals surface area (Å²) in [7, 11) is 0. The number of nitrogens with zero attached hydrogens (tertiary/aromatic N) is 2. The molecule has 2 heteroatoms. The number of hydrogen-bond donors (Lipinski definition) is 0. The lowest BCUT2D eigenvalue weighted by atomic mass is 9.98. The quantitative estimate of drug-likeness (QED) is 0.610. The van der Waals surface area contributed by atoms with E-state index in [2.05, 4.69) is 24.8 Å². The van der Waals surface area contributed by atoms with Gasteiger partial charge < -0.3 is 0 Å². The lowest BCUT2D eigenvalue weighted by molar-refractivity contribution is 0.176. The highest BCUT2D eigenvalue weighted by Gasteiger charge is 2.22. The van der Waals surface area contributed by atoms with E-state index >= 15 is 0 Å². The molecule has 1 unspecified atom stereocenters. The zero-order chi connectivity index (χ0) is 9.68. The van der Waals surface area contributed by atoms with Crippen LogP contribution in [-0.2, 0) is 0 Å². The molecule has 1 aliphatic heterocycles. The molecule has 1 rings (SSSR count). The van der Waals surface area contributed by atoms with Gasteiger partial charge in [0.25, 0.3) is 0 Å². The van der Waals surface area contributed by atoms with Crippen molar-refractivity contribution in [2.45, 2.75) is 45.6 Å². The molecule has 1 atom stereocenters. The molecule has 0 radical (unpaired) electrons. The highest BCUT2D eigenvalue weighted by Crippen LogP contribution is 2.21. The third-order valence-corrected chi connectivity index (χ3v) is 2.96. The van der Waals surface area contributed by atoms with E-state index in [0.29, 0.717) is 18.5 Å². The summed E-state index contributed by atoms with van der Waals surface area (Å²) < 4.78 is 0. The van der Waals surface area contributed by atoms with Crippen LogP contribution in [0.4, 0.5) is 0 Å². The first-order valence-corrected chi connectivity index (χ1v) is 5.36. The first-order valence-electron chi connectivity index (χ1n) is 5.36. The maximum Gasteiger partial charge on any atom is 0.0868 e. The van der Waals surface area contributed by atoms with Crippen molar-refractivity contribution in [3.63, 3.8) is 0 Å². The lowest BCUT2D eigenvalue weighted by Gasteiger charge is -2.30. The predicted octanol–water partition coefficient (Wildman–Crippen LogP) is 2.41. The molecule has 0 bridgehead atoms. The molecule has 1 heterocycles. The average Bonchev–Trinajstić information content (AvgIpc) is 2.30. The van der Waals surface area contributed by atoms with Gasteiger partial charge in [-0.15, -0.1) is 0 Å². The highest BCUT2D eigenvalue weighted by molar-refractivity contribution is 4.84. The first-order chi connectivity index (χ1) is 6.25. The fraction of sp³-hybridized carbons (Fsp3) is 0.909. The smallest absolute Gasteiger partial charge is 0.0868 e. The van der Waals surface area contributed by atoms with Crippen LogP contribution in [0.5, 0.6) is 0 Å². The first kappa shape index (κ1) is 10.5. The van der Waals surface area contributed by atoms with E-state index in [0.717, 1.165) is 6.54 Å². The molecule has 0 spiro atoms. The molecular weight excluding hydrogens is 160 g/mol. The fourth-order valence-electron chi connectivity index (χ4n) is 2.24. The van der Waals surface area contributed by atoms with Crippen molar-refractivity contribution < 1.29 is 0 Å². The van der Waals surface area contributed by atoms with Gasteiger partial charge in [-0.3, -0.25) is 4.90 Å². The molecule has 0 N–H and O–H groups in total. The molecule has 0 aromatic carbocycles. The molecule has 0 amide bonds. The van der Waals surface area contributed by atoms with Crippen LogP contribution in [-0.4, -0.2) is 24.0 Å². The van der Waals surface area contributed by atoms with Crippen molar-refractivity contribution >= 4 is 0 Å². The molecule has 13 heavy (non-hydrogen) atoms. The second-order valence-electron chi connectivity index (χ2n) is 4.29. The van der Waals surface area contributed by atoms with Crippen LogP contribution in [0.3, 0.4) is 0 Å². The summed E-state index contributed by atoms with van der Waals surface area (Å²) in [4.78, 5) is 2.36. The highest BCUT2D eigenvalue weighted by atomic mass is 15.2. The number of rotatable bonds is 2. The van der Waals surface area contributed by atoms with Gasteiger partial charge in [0, 0.05) is 6.04 Å². The molecule has 1 fully saturated rings. The van der Waals surface area contributed by atoms with Gasteiger partial charge in [0.2, 0.25) is 0 Å². The van der Waals surface area contributed by atoms with Crippen LogP contribution in [0, 0.1) is 17.2 Å². The van der Waals surface area contributed by atoms with Crippen LogP contribution < -0.4 is 0 Å². The fourth-order valence-corrected chi connectivity index (χ4v) is 2.24. The molecule has 0 saturated carbocycles. The molecule has 2 nitrogen and oxygen atoms in total. The lowest BCUT2D eigenvalue weighted by Crippen LogP contribution is -2.38. The molecule has 0 aromatic rings. The minimum absolute atomic E-state index is 0.614. The Labute approximate surface area is 81.5 Å². The monoisotopic (exact) mass is 180 g/mol. The van der Waals surface area contributed by atoms with E-state index in [1.165, 1.54) is 25.7 Å². The van der Waals surface area contributed by atoms with Gasteiger partial charge in [-0.05, 0) is 25.3 Å². The van der Waals surface area contributed by atoms with Gasteiger partial charge in [-0.1, -0.05) is 26.7 Å². The van der Waals surface area contributed by atoms with Crippen molar-refractivity contribution in [1.29, 1.82) is 5.26 Å². The van der Waals surface area contributed by atoms with Crippen molar-refractivity contribution in [3.8, 4) is 6.07 Å². The Hall–Kier alpha value is -0.550. The zero-order valence-electron chi connectivity index (χ0n) is 8.79. The van der Waals surface area contributed by atoms with Crippen LogP contribution >= 0.6 is 0 Å². The molecular formula is C11H20N2. The summed E-state index contributed by atoms with van der Waals surface area (Å²) in [6.07, 6.45) is 5.22. The van der Waals surface area contributed by atoms with E-state index in [4.69, 9.17) is 5.26 Å². The third kappa shape index (κ3) is 3.00. The Morgan fingerprint density at radius 1 is 1.38 bits per heavy atom. The van der Waals surface area contributed by atoms with Crippen LogP contribution in [0.2, 0.25) is 0 Å². The zero-order valence-corrected chi connectivity index (χ0v) is 8.79. The largest absolute Gasteiger partial charge is 0.287 e. The average molecular weight is 180 g/mol. The van der Waals surface area contributed by atoms with Crippen molar-refractivity contribution in [1.82, 2.24) is 4.90 Å². The predicted molar refractivity (Wildman–Crippen MR) is 54.3 cm³/mol. The van der Waals surface area contributed by atoms with Crippen molar-refractivity contribution in [3.05, 3.63) is 0 Å². The second kappa shape index (κ2) is 5.24. The van der Waals surface area contributed by atoms with Gasteiger partial charge in [0.05, 0.1) is 12.6 Å². The summed E-state index contributed by atoms with van der Waals surface area (Å²) in [5.41, 5.74) is 0. The molecule has 1 saturated heterocycles. The SMILES string of the molecule is CC(C)C1CCCCCN1CC#N. The van der Waals surface area contributed by atoms with E-state index in [1.54, 1.807) is 0 Å². The minimum Gasteiger partial charge on any atom is -0.287 e. The summed E-state index contributed by atoms with van der Waals surface area (Å²) in [5, 5.41) is 8.72. The second-order valence-corrected chi connectivity index (χ2v) is 4.29. The van der Waals surface area contributed by atoms with E-state index in [9.17, 15) is 0 Å². The van der Waals surface area contributed by atoms with Crippen LogP contribution in [0.25, 0.3) is 0 Å². The number of hydrogen-bond acceptors (Lipinski definition) is 2. The van der Waals surface area contributed by atoms with Gasteiger partial charge in [0.15, 0.2) is 0 Å². The Morgan fingerprint density at radius 3 is 2.77 bits per heavy atom. The van der Waals surface area contributed by atoms with E-state index in [-0.39, 0.29) is 0 Å². The number of likely N-dealkylation sites (tertiary alicyclic amines) is 1. The third-order valence-electron chi connectivity index (χ3n) is 2.96. The Balaban J connectivity index is 2.56. The normalized spacial score (nSPS) is 25.5. The molecule has 74 valence electrons. The van der Waals surface area contributed by atoms with Crippen molar-refractivity contribution in [2.24, 2.45) is 5.92 Å². The summed E-state index contributed by atoms with van der Waals surface area (Å²) in [6, 6.07) is 2.92. The van der Waals surface area contributed by atoms with Crippen molar-refractivity contribution in [2.75, 3.05) is 13.1 Å². The van der Waals surface area contributed by atoms with Gasteiger partial charge >= 0.3 is 0 Å². The van der Waals surface area contributed by atoms with Gasteiger partial charge in [-0.2, -0.15) is 5.26 Å². The maximum atomic E-state index is 8.72. The molecule has 0 aliphatic carbocycles. The Bertz CT molecular complexity index is 181. The summed E-state index contributed by atoms with van der Waals surface area (Å²) >= 11 is 0.